The van der Waals surface area contributed by atoms with Gasteiger partial charge in [0.05, 0.1) is 11.7 Å². The van der Waals surface area contributed by atoms with Gasteiger partial charge >= 0.3 is 5.97 Å². The quantitative estimate of drug-likeness (QED) is 0.768. The minimum atomic E-state index is -0.805. The summed E-state index contributed by atoms with van der Waals surface area (Å²) < 4.78 is 23.1. The van der Waals surface area contributed by atoms with E-state index in [-0.39, 0.29) is 18.9 Å². The highest BCUT2D eigenvalue weighted by molar-refractivity contribution is 5.92. The zero-order valence-corrected chi connectivity index (χ0v) is 13.9. The van der Waals surface area contributed by atoms with Crippen molar-refractivity contribution < 1.29 is 23.5 Å². The molecule has 1 aromatic carbocycles. The highest BCUT2D eigenvalue weighted by atomic mass is 19.1. The topological polar surface area (TPSA) is 90.4 Å². The Labute approximate surface area is 144 Å². The molecular weight excluding hydrogens is 329 g/mol. The molecule has 7 nitrogen and oxygen atoms in total. The number of ether oxygens (including phenoxy) is 2. The smallest absolute Gasteiger partial charge is 0.344 e. The molecule has 1 heterocycles. The fourth-order valence-corrected chi connectivity index (χ4v) is 1.80. The largest absolute Gasteiger partial charge is 0.482 e. The number of hydrogen-bond acceptors (Lipinski definition) is 6. The van der Waals surface area contributed by atoms with E-state index < -0.39 is 23.2 Å². The number of halogens is 1. The summed E-state index contributed by atoms with van der Waals surface area (Å²) in [7, 11) is 0. The van der Waals surface area contributed by atoms with Crippen LogP contribution in [0, 0.1) is 5.82 Å². The first-order chi connectivity index (χ1) is 11.9. The Morgan fingerprint density at radius 1 is 1.20 bits per heavy atom. The summed E-state index contributed by atoms with van der Waals surface area (Å²) in [6, 6.07) is 5.28. The second-order valence-corrected chi connectivity index (χ2v) is 5.83. The van der Waals surface area contributed by atoms with Crippen LogP contribution in [0.2, 0.25) is 0 Å². The predicted octanol–water partition coefficient (Wildman–Crippen LogP) is 1.75. The van der Waals surface area contributed by atoms with Crippen LogP contribution >= 0.6 is 0 Å². The number of carbonyl (C=O) groups excluding carboxylic acids is 2. The molecule has 2 rings (SSSR count). The normalized spacial score (nSPS) is 10.8. The van der Waals surface area contributed by atoms with E-state index in [1.165, 1.54) is 42.9 Å². The number of carbonyl (C=O) groups is 2. The molecule has 2 aromatic rings. The van der Waals surface area contributed by atoms with Gasteiger partial charge in [0.2, 0.25) is 0 Å². The van der Waals surface area contributed by atoms with Crippen molar-refractivity contribution in [3.8, 4) is 5.75 Å². The number of nitrogens with zero attached hydrogens (tertiary/aromatic N) is 2. The maximum absolute atomic E-state index is 12.8. The molecule has 0 spiro atoms. The van der Waals surface area contributed by atoms with Gasteiger partial charge in [0, 0.05) is 12.4 Å². The Bertz CT molecular complexity index is 720. The molecule has 1 amide bonds. The van der Waals surface area contributed by atoms with E-state index in [0.717, 1.165) is 0 Å². The molecule has 25 heavy (non-hydrogen) atoms. The van der Waals surface area contributed by atoms with Crippen molar-refractivity contribution in [1.29, 1.82) is 0 Å². The van der Waals surface area contributed by atoms with Crippen LogP contribution in [0.25, 0.3) is 0 Å². The van der Waals surface area contributed by atoms with E-state index in [1.54, 1.807) is 13.8 Å². The molecule has 0 saturated carbocycles. The van der Waals surface area contributed by atoms with E-state index in [4.69, 9.17) is 9.47 Å². The van der Waals surface area contributed by atoms with Crippen LogP contribution in [0.4, 0.5) is 4.39 Å². The van der Waals surface area contributed by atoms with Crippen molar-refractivity contribution >= 4 is 11.9 Å². The molecule has 0 aliphatic heterocycles. The van der Waals surface area contributed by atoms with Crippen LogP contribution in [-0.2, 0) is 9.53 Å². The lowest BCUT2D eigenvalue weighted by molar-refractivity contribution is -0.147. The van der Waals surface area contributed by atoms with Crippen LogP contribution in [-0.4, -0.2) is 40.6 Å². The van der Waals surface area contributed by atoms with Crippen molar-refractivity contribution in [3.63, 3.8) is 0 Å². The fourth-order valence-electron chi connectivity index (χ4n) is 1.80. The van der Waals surface area contributed by atoms with Gasteiger partial charge in [-0.25, -0.2) is 14.2 Å². The lowest BCUT2D eigenvalue weighted by atomic mass is 10.1. The summed E-state index contributed by atoms with van der Waals surface area (Å²) in [5.41, 5.74) is -0.637. The zero-order valence-electron chi connectivity index (χ0n) is 13.9. The summed E-state index contributed by atoms with van der Waals surface area (Å²) in [6.45, 7) is 3.04. The van der Waals surface area contributed by atoms with Crippen molar-refractivity contribution in [3.05, 3.63) is 54.4 Å². The highest BCUT2D eigenvalue weighted by Gasteiger charge is 2.24. The summed E-state index contributed by atoms with van der Waals surface area (Å²) in [6.07, 6.45) is 4.22. The van der Waals surface area contributed by atoms with Gasteiger partial charge in [0.25, 0.3) is 5.91 Å². The van der Waals surface area contributed by atoms with Crippen molar-refractivity contribution in [1.82, 2.24) is 15.3 Å². The Morgan fingerprint density at radius 3 is 2.56 bits per heavy atom. The van der Waals surface area contributed by atoms with Gasteiger partial charge in [-0.2, -0.15) is 0 Å². The Hall–Kier alpha value is -3.03. The lowest BCUT2D eigenvalue weighted by Gasteiger charge is -2.25. The minimum Gasteiger partial charge on any atom is -0.482 e. The Balaban J connectivity index is 1.77. The summed E-state index contributed by atoms with van der Waals surface area (Å²) in [5.74, 6) is -1.06. The SMILES string of the molecule is CC(C)(COC(=O)COc1ccc(F)cc1)NC(=O)c1cnccn1. The molecule has 132 valence electrons. The van der Waals surface area contributed by atoms with Crippen LogP contribution < -0.4 is 10.1 Å². The zero-order chi connectivity index (χ0) is 18.3. The van der Waals surface area contributed by atoms with Gasteiger partial charge in [-0.15, -0.1) is 0 Å². The summed E-state index contributed by atoms with van der Waals surface area (Å²) in [5, 5.41) is 2.71. The maximum atomic E-state index is 12.8. The van der Waals surface area contributed by atoms with E-state index in [1.807, 2.05) is 0 Å². The number of amides is 1. The Kier molecular flexibility index (Phi) is 5.99. The van der Waals surface area contributed by atoms with E-state index in [2.05, 4.69) is 15.3 Å². The first-order valence-electron chi connectivity index (χ1n) is 7.48. The molecule has 0 fully saturated rings. The maximum Gasteiger partial charge on any atom is 0.344 e. The van der Waals surface area contributed by atoms with E-state index in [9.17, 15) is 14.0 Å². The number of rotatable bonds is 7. The molecule has 0 bridgehead atoms. The second kappa shape index (κ2) is 8.18. The summed E-state index contributed by atoms with van der Waals surface area (Å²) in [4.78, 5) is 31.5. The number of aromatic nitrogens is 2. The molecule has 0 unspecified atom stereocenters. The first kappa shape index (κ1) is 18.3. The van der Waals surface area contributed by atoms with Gasteiger partial charge in [0.1, 0.15) is 23.9 Å². The van der Waals surface area contributed by atoms with Crippen molar-refractivity contribution in [2.24, 2.45) is 0 Å². The molecule has 0 radical (unpaired) electrons. The first-order valence-corrected chi connectivity index (χ1v) is 7.48. The predicted molar refractivity (Wildman–Crippen MR) is 86.4 cm³/mol. The van der Waals surface area contributed by atoms with Gasteiger partial charge in [-0.3, -0.25) is 9.78 Å². The molecule has 0 saturated heterocycles. The molecule has 1 N–H and O–H groups in total. The fraction of sp³-hybridized carbons (Fsp3) is 0.294. The second-order valence-electron chi connectivity index (χ2n) is 5.83. The van der Waals surface area contributed by atoms with Crippen LogP contribution in [0.5, 0.6) is 5.75 Å². The molecular formula is C17H18FN3O4. The number of nitrogens with one attached hydrogen (secondary N) is 1. The molecule has 0 aliphatic carbocycles. The minimum absolute atomic E-state index is 0.0510. The Morgan fingerprint density at radius 2 is 1.92 bits per heavy atom. The molecule has 1 aromatic heterocycles. The lowest BCUT2D eigenvalue weighted by Crippen LogP contribution is -2.47. The average Bonchev–Trinajstić information content (AvgIpc) is 2.60. The molecule has 0 atom stereocenters. The molecule has 0 aliphatic rings. The third-order valence-electron chi connectivity index (χ3n) is 3.01. The third-order valence-corrected chi connectivity index (χ3v) is 3.01. The van der Waals surface area contributed by atoms with E-state index in [0.29, 0.717) is 5.75 Å². The van der Waals surface area contributed by atoms with Gasteiger partial charge in [-0.1, -0.05) is 0 Å². The average molecular weight is 347 g/mol. The van der Waals surface area contributed by atoms with Crippen LogP contribution in [0.15, 0.2) is 42.9 Å². The van der Waals surface area contributed by atoms with Crippen LogP contribution in [0.1, 0.15) is 24.3 Å². The third kappa shape index (κ3) is 6.17. The van der Waals surface area contributed by atoms with Gasteiger partial charge < -0.3 is 14.8 Å². The monoisotopic (exact) mass is 347 g/mol. The van der Waals surface area contributed by atoms with Crippen molar-refractivity contribution in [2.45, 2.75) is 19.4 Å². The van der Waals surface area contributed by atoms with Crippen molar-refractivity contribution in [2.75, 3.05) is 13.2 Å². The van der Waals surface area contributed by atoms with Gasteiger partial charge in [0.15, 0.2) is 6.61 Å². The standard InChI is InChI=1S/C17H18FN3O4/c1-17(2,21-16(23)14-9-19-7-8-20-14)11-25-15(22)10-24-13-5-3-12(18)4-6-13/h3-9H,10-11H2,1-2H3,(H,21,23). The van der Waals surface area contributed by atoms with E-state index >= 15 is 0 Å². The van der Waals surface area contributed by atoms with Crippen LogP contribution in [0.3, 0.4) is 0 Å². The number of hydrogen-bond donors (Lipinski definition) is 1. The van der Waals surface area contributed by atoms with Gasteiger partial charge in [-0.05, 0) is 38.1 Å². The summed E-state index contributed by atoms with van der Waals surface area (Å²) >= 11 is 0. The number of esters is 1. The number of benzene rings is 1. The highest BCUT2D eigenvalue weighted by Crippen LogP contribution is 2.11. The molecule has 8 heteroatoms.